The highest BCUT2D eigenvalue weighted by molar-refractivity contribution is 7.99. The smallest absolute Gasteiger partial charge is 0.278 e. The van der Waals surface area contributed by atoms with Crippen LogP contribution in [-0.4, -0.2) is 33.3 Å². The van der Waals surface area contributed by atoms with Gasteiger partial charge in [-0.05, 0) is 37.1 Å². The molecule has 8 heteroatoms. The van der Waals surface area contributed by atoms with Crippen LogP contribution < -0.4 is 15.6 Å². The number of aromatic amines is 1. The monoisotopic (exact) mass is 414 g/mol. The number of hydrogen-bond acceptors (Lipinski definition) is 5. The summed E-state index contributed by atoms with van der Waals surface area (Å²) < 4.78 is 6.87. The number of benzene rings is 1. The van der Waals surface area contributed by atoms with E-state index in [1.165, 1.54) is 11.8 Å². The van der Waals surface area contributed by atoms with Gasteiger partial charge in [0.15, 0.2) is 5.16 Å². The average molecular weight is 415 g/mol. The van der Waals surface area contributed by atoms with Crippen LogP contribution >= 0.6 is 11.8 Å². The molecule has 0 aliphatic heterocycles. The summed E-state index contributed by atoms with van der Waals surface area (Å²) in [5.74, 6) is 0.835. The number of ether oxygens (including phenoxy) is 1. The average Bonchev–Trinajstić information content (AvgIpc) is 3.11. The number of thioether (sulfide) groups is 1. The lowest BCUT2D eigenvalue weighted by atomic mass is 10.2. The second-order valence-corrected chi connectivity index (χ2v) is 7.78. The predicted molar refractivity (Wildman–Crippen MR) is 116 cm³/mol. The molecule has 154 valence electrons. The molecule has 2 aromatic heterocycles. The number of aryl methyl sites for hydroxylation is 1. The van der Waals surface area contributed by atoms with Crippen molar-refractivity contribution in [3.63, 3.8) is 0 Å². The van der Waals surface area contributed by atoms with Gasteiger partial charge in [0.1, 0.15) is 11.3 Å². The molecule has 29 heavy (non-hydrogen) atoms. The van der Waals surface area contributed by atoms with Crippen LogP contribution in [0.4, 0.5) is 0 Å². The Morgan fingerprint density at radius 1 is 1.34 bits per heavy atom. The highest BCUT2D eigenvalue weighted by Gasteiger charge is 2.14. The molecule has 0 spiro atoms. The first-order valence-electron chi connectivity index (χ1n) is 9.64. The molecule has 0 aliphatic rings. The third-order valence-electron chi connectivity index (χ3n) is 4.53. The molecule has 0 saturated carbocycles. The van der Waals surface area contributed by atoms with Crippen LogP contribution in [-0.2, 0) is 17.9 Å². The standard InChI is InChI=1S/C21H26N4O3S/c1-4-5-9-25-20(27)19-17(10-14(2)23-19)24-21(25)29-13-18(26)22-12-15-7-6-8-16(11-15)28-3/h6-8,10-11,23H,4-5,9,12-13H2,1-3H3,(H,22,26). The maximum Gasteiger partial charge on any atom is 0.278 e. The van der Waals surface area contributed by atoms with Crippen molar-refractivity contribution in [2.75, 3.05) is 12.9 Å². The Balaban J connectivity index is 1.69. The van der Waals surface area contributed by atoms with Crippen molar-refractivity contribution in [2.24, 2.45) is 0 Å². The number of aromatic nitrogens is 3. The Labute approximate surface area is 173 Å². The Bertz CT molecular complexity index is 1060. The highest BCUT2D eigenvalue weighted by atomic mass is 32.2. The van der Waals surface area contributed by atoms with Crippen molar-refractivity contribution in [3.05, 3.63) is 51.9 Å². The van der Waals surface area contributed by atoms with Gasteiger partial charge in [-0.1, -0.05) is 37.2 Å². The topological polar surface area (TPSA) is 89.0 Å². The summed E-state index contributed by atoms with van der Waals surface area (Å²) in [7, 11) is 1.61. The van der Waals surface area contributed by atoms with Crippen LogP contribution in [0.15, 0.2) is 40.3 Å². The number of nitrogens with one attached hydrogen (secondary N) is 2. The van der Waals surface area contributed by atoms with E-state index in [-0.39, 0.29) is 17.2 Å². The van der Waals surface area contributed by atoms with E-state index < -0.39 is 0 Å². The van der Waals surface area contributed by atoms with Gasteiger partial charge in [-0.15, -0.1) is 0 Å². The molecule has 0 unspecified atom stereocenters. The second kappa shape index (κ2) is 9.65. The minimum Gasteiger partial charge on any atom is -0.497 e. The van der Waals surface area contributed by atoms with E-state index in [2.05, 4.69) is 22.2 Å². The molecule has 0 fully saturated rings. The van der Waals surface area contributed by atoms with E-state index in [1.54, 1.807) is 11.7 Å². The molecule has 3 aromatic rings. The molecule has 0 bridgehead atoms. The Morgan fingerprint density at radius 2 is 2.17 bits per heavy atom. The number of nitrogens with zero attached hydrogens (tertiary/aromatic N) is 2. The summed E-state index contributed by atoms with van der Waals surface area (Å²) >= 11 is 1.29. The van der Waals surface area contributed by atoms with Crippen molar-refractivity contribution >= 4 is 28.7 Å². The summed E-state index contributed by atoms with van der Waals surface area (Å²) in [5, 5.41) is 3.48. The number of methoxy groups -OCH3 is 1. The number of fused-ring (bicyclic) bond motifs is 1. The quantitative estimate of drug-likeness (QED) is 0.414. The lowest BCUT2D eigenvalue weighted by Crippen LogP contribution is -2.27. The van der Waals surface area contributed by atoms with Crippen LogP contribution in [0.1, 0.15) is 31.0 Å². The normalized spacial score (nSPS) is 11.0. The molecular weight excluding hydrogens is 388 g/mol. The number of carbonyl (C=O) groups is 1. The lowest BCUT2D eigenvalue weighted by molar-refractivity contribution is -0.118. The van der Waals surface area contributed by atoms with E-state index in [9.17, 15) is 9.59 Å². The third-order valence-corrected chi connectivity index (χ3v) is 5.51. The van der Waals surface area contributed by atoms with Gasteiger partial charge in [0, 0.05) is 18.8 Å². The van der Waals surface area contributed by atoms with Crippen LogP contribution in [0, 0.1) is 6.92 Å². The van der Waals surface area contributed by atoms with Crippen molar-refractivity contribution < 1.29 is 9.53 Å². The lowest BCUT2D eigenvalue weighted by Gasteiger charge is -2.11. The van der Waals surface area contributed by atoms with Gasteiger partial charge >= 0.3 is 0 Å². The fourth-order valence-electron chi connectivity index (χ4n) is 3.00. The minimum absolute atomic E-state index is 0.0872. The van der Waals surface area contributed by atoms with Crippen molar-refractivity contribution in [1.82, 2.24) is 19.9 Å². The first kappa shape index (κ1) is 21.0. The molecular formula is C21H26N4O3S. The van der Waals surface area contributed by atoms with Gasteiger partial charge < -0.3 is 15.0 Å². The number of unbranched alkanes of at least 4 members (excludes halogenated alkanes) is 1. The summed E-state index contributed by atoms with van der Waals surface area (Å²) in [4.78, 5) is 32.9. The van der Waals surface area contributed by atoms with Crippen molar-refractivity contribution in [2.45, 2.75) is 44.9 Å². The number of H-pyrrole nitrogens is 1. The first-order chi connectivity index (χ1) is 14.0. The Kier molecular flexibility index (Phi) is 6.98. The molecule has 1 aromatic carbocycles. The number of carbonyl (C=O) groups excluding carboxylic acids is 1. The molecule has 0 atom stereocenters. The molecule has 1 amide bonds. The zero-order valence-electron chi connectivity index (χ0n) is 16.9. The largest absolute Gasteiger partial charge is 0.497 e. The van der Waals surface area contributed by atoms with Crippen LogP contribution in [0.3, 0.4) is 0 Å². The van der Waals surface area contributed by atoms with E-state index >= 15 is 0 Å². The van der Waals surface area contributed by atoms with E-state index in [4.69, 9.17) is 4.74 Å². The van der Waals surface area contributed by atoms with Gasteiger partial charge in [-0.3, -0.25) is 14.2 Å². The SMILES string of the molecule is CCCCn1c(SCC(=O)NCc2cccc(OC)c2)nc2cc(C)[nH]c2c1=O. The first-order valence-corrected chi connectivity index (χ1v) is 10.6. The highest BCUT2D eigenvalue weighted by Crippen LogP contribution is 2.19. The molecule has 7 nitrogen and oxygen atoms in total. The molecule has 3 rings (SSSR count). The van der Waals surface area contributed by atoms with Gasteiger partial charge in [-0.25, -0.2) is 4.98 Å². The second-order valence-electron chi connectivity index (χ2n) is 6.83. The summed E-state index contributed by atoms with van der Waals surface area (Å²) in [5.41, 5.74) is 2.93. The van der Waals surface area contributed by atoms with Crippen LogP contribution in [0.25, 0.3) is 11.0 Å². The summed E-state index contributed by atoms with van der Waals surface area (Å²) in [6.07, 6.45) is 1.85. The third kappa shape index (κ3) is 5.20. The van der Waals surface area contributed by atoms with Crippen LogP contribution in [0.5, 0.6) is 5.75 Å². The summed E-state index contributed by atoms with van der Waals surface area (Å²) in [6.45, 7) is 4.98. The summed E-state index contributed by atoms with van der Waals surface area (Å²) in [6, 6.07) is 9.43. The predicted octanol–water partition coefficient (Wildman–Crippen LogP) is 3.25. The van der Waals surface area contributed by atoms with Gasteiger partial charge in [0.2, 0.25) is 5.91 Å². The fourth-order valence-corrected chi connectivity index (χ4v) is 3.85. The minimum atomic E-state index is -0.112. The van der Waals surface area contributed by atoms with Crippen molar-refractivity contribution in [1.29, 1.82) is 0 Å². The zero-order chi connectivity index (χ0) is 20.8. The molecule has 0 radical (unpaired) electrons. The molecule has 0 saturated heterocycles. The fraction of sp³-hybridized carbons (Fsp3) is 0.381. The van der Waals surface area contributed by atoms with Crippen molar-refractivity contribution in [3.8, 4) is 5.75 Å². The van der Waals surface area contributed by atoms with E-state index in [0.29, 0.717) is 29.3 Å². The van der Waals surface area contributed by atoms with Gasteiger partial charge in [0.05, 0.1) is 18.4 Å². The van der Waals surface area contributed by atoms with Crippen LogP contribution in [0.2, 0.25) is 0 Å². The van der Waals surface area contributed by atoms with E-state index in [0.717, 1.165) is 29.8 Å². The molecule has 2 heterocycles. The number of rotatable bonds is 9. The van der Waals surface area contributed by atoms with Gasteiger partial charge in [0.25, 0.3) is 5.56 Å². The number of hydrogen-bond donors (Lipinski definition) is 2. The Morgan fingerprint density at radius 3 is 2.93 bits per heavy atom. The maximum absolute atomic E-state index is 12.9. The number of amides is 1. The Hall–Kier alpha value is -2.74. The molecule has 0 aliphatic carbocycles. The van der Waals surface area contributed by atoms with Gasteiger partial charge in [-0.2, -0.15) is 0 Å². The maximum atomic E-state index is 12.9. The van der Waals surface area contributed by atoms with E-state index in [1.807, 2.05) is 37.3 Å². The molecule has 2 N–H and O–H groups in total. The zero-order valence-corrected chi connectivity index (χ0v) is 17.8.